The number of carbonyl (C=O) groups excluding carboxylic acids is 1. The van der Waals surface area contributed by atoms with E-state index in [2.05, 4.69) is 0 Å². The molecule has 0 aliphatic heterocycles. The van der Waals surface area contributed by atoms with Crippen molar-refractivity contribution in [3.05, 3.63) is 12.2 Å². The Morgan fingerprint density at radius 2 is 1.91 bits per heavy atom. The highest BCUT2D eigenvalue weighted by Gasteiger charge is 2.16. The number of nitrogens with zero attached hydrogens (tertiary/aromatic N) is 1. The van der Waals surface area contributed by atoms with Crippen molar-refractivity contribution in [2.24, 2.45) is 0 Å². The lowest BCUT2D eigenvalue weighted by molar-refractivity contribution is -0.867. The van der Waals surface area contributed by atoms with Crippen molar-refractivity contribution in [1.29, 1.82) is 0 Å². The Balaban J connectivity index is 4.68. The number of esters is 1. The van der Waals surface area contributed by atoms with Gasteiger partial charge in [-0.3, -0.25) is 0 Å². The molecule has 0 rings (SSSR count). The van der Waals surface area contributed by atoms with E-state index in [1.807, 2.05) is 28.1 Å². The molecule has 0 saturated carbocycles. The average Bonchev–Trinajstić information content (AvgIpc) is 2.41. The summed E-state index contributed by atoms with van der Waals surface area (Å²) in [4.78, 5) is 34.1. The maximum absolute atomic E-state index is 12.4. The Labute approximate surface area is 133 Å². The van der Waals surface area contributed by atoms with E-state index in [9.17, 15) is 14.5 Å². The van der Waals surface area contributed by atoms with E-state index in [0.717, 1.165) is 41.3 Å². The first kappa shape index (κ1) is 20.8. The molecule has 0 aliphatic rings. The van der Waals surface area contributed by atoms with E-state index in [1.54, 1.807) is 0 Å². The number of unbranched alkanes of at least 4 members (excludes halogenated alkanes) is 1. The van der Waals surface area contributed by atoms with Crippen LogP contribution in [0.25, 0.3) is 0 Å². The number of rotatable bonds is 10. The van der Waals surface area contributed by atoms with Crippen LogP contribution in [0.4, 0.5) is 0 Å². The van der Waals surface area contributed by atoms with Gasteiger partial charge >= 0.3 is 11.9 Å². The van der Waals surface area contributed by atoms with E-state index in [4.69, 9.17) is 9.84 Å². The van der Waals surface area contributed by atoms with Gasteiger partial charge in [-0.25, -0.2) is 9.59 Å². The van der Waals surface area contributed by atoms with Gasteiger partial charge in [0.2, 0.25) is 0 Å². The molecule has 0 amide bonds. The molecule has 0 fully saturated rings. The smallest absolute Gasteiger partial charge is 0.331 e. The molecule has 0 aliphatic carbocycles. The Hall–Kier alpha value is -1.23. The van der Waals surface area contributed by atoms with Crippen LogP contribution in [0.3, 0.4) is 0 Å². The summed E-state index contributed by atoms with van der Waals surface area (Å²) < 4.78 is 5.72. The summed E-state index contributed by atoms with van der Waals surface area (Å²) in [5, 5.41) is 9.18. The Kier molecular flexibility index (Phi) is 9.90. The van der Waals surface area contributed by atoms with Crippen LogP contribution in [0.15, 0.2) is 12.2 Å². The van der Waals surface area contributed by atoms with Gasteiger partial charge in [0.15, 0.2) is 12.8 Å². The number of ether oxygens (including phenoxy) is 1. The first-order chi connectivity index (χ1) is 10.2. The molecule has 0 aromatic rings. The van der Waals surface area contributed by atoms with Crippen molar-refractivity contribution in [3.63, 3.8) is 0 Å². The molecule has 22 heavy (non-hydrogen) atoms. The number of quaternary nitrogens is 1. The molecule has 0 radical (unpaired) electrons. The molecule has 7 heteroatoms. The van der Waals surface area contributed by atoms with Gasteiger partial charge in [0.25, 0.3) is 0 Å². The van der Waals surface area contributed by atoms with Crippen molar-refractivity contribution in [2.45, 2.75) is 26.2 Å². The summed E-state index contributed by atoms with van der Waals surface area (Å²) in [6, 6.07) is 0. The number of hydrogen-bond acceptors (Lipinski definition) is 4. The minimum Gasteiger partial charge on any atom is -0.630 e. The Bertz CT molecular complexity index is 438. The molecular formula is C15H27NO5P+. The summed E-state index contributed by atoms with van der Waals surface area (Å²) in [6.45, 7) is 2.81. The summed E-state index contributed by atoms with van der Waals surface area (Å²) in [5.74, 6) is -1.94. The van der Waals surface area contributed by atoms with Crippen LogP contribution < -0.4 is 4.89 Å². The summed E-state index contributed by atoms with van der Waals surface area (Å²) in [6.07, 6.45) is 4.67. The van der Waals surface area contributed by atoms with E-state index in [1.165, 1.54) is 0 Å². The van der Waals surface area contributed by atoms with Crippen LogP contribution in [-0.4, -0.2) is 67.3 Å². The first-order valence-electron chi connectivity index (χ1n) is 7.33. The molecular weight excluding hydrogens is 305 g/mol. The SMILES string of the molecule is CCCCC(COC(=O)C=CC(=O)O)=[P+]([O-])CC[N+](C)(C)C. The highest BCUT2D eigenvalue weighted by molar-refractivity contribution is 7.51. The van der Waals surface area contributed by atoms with E-state index < -0.39 is 19.7 Å². The third-order valence-electron chi connectivity index (χ3n) is 2.89. The molecule has 0 saturated heterocycles. The van der Waals surface area contributed by atoms with Crippen LogP contribution in [-0.2, 0) is 14.3 Å². The number of carboxylic acids is 1. The van der Waals surface area contributed by atoms with Gasteiger partial charge in [0.05, 0.1) is 28.9 Å². The molecule has 0 bridgehead atoms. The van der Waals surface area contributed by atoms with Gasteiger partial charge in [-0.2, -0.15) is 0 Å². The van der Waals surface area contributed by atoms with Crippen LogP contribution in [0.2, 0.25) is 0 Å². The predicted octanol–water partition coefficient (Wildman–Crippen LogP) is 0.996. The first-order valence-corrected chi connectivity index (χ1v) is 8.77. The number of carboxylic acid groups (broad SMARTS) is 1. The maximum atomic E-state index is 12.4. The third kappa shape index (κ3) is 11.4. The predicted molar refractivity (Wildman–Crippen MR) is 87.0 cm³/mol. The van der Waals surface area contributed by atoms with Crippen molar-refractivity contribution < 1.29 is 28.8 Å². The van der Waals surface area contributed by atoms with E-state index in [0.29, 0.717) is 12.6 Å². The molecule has 1 atom stereocenters. The van der Waals surface area contributed by atoms with Crippen molar-refractivity contribution >= 4 is 25.0 Å². The topological polar surface area (TPSA) is 86.7 Å². The summed E-state index contributed by atoms with van der Waals surface area (Å²) >= 11 is 0. The van der Waals surface area contributed by atoms with Crippen LogP contribution in [0, 0.1) is 0 Å². The monoisotopic (exact) mass is 332 g/mol. The second-order valence-corrected chi connectivity index (χ2v) is 7.90. The zero-order chi connectivity index (χ0) is 17.2. The van der Waals surface area contributed by atoms with Crippen LogP contribution in [0.1, 0.15) is 26.2 Å². The lowest BCUT2D eigenvalue weighted by Gasteiger charge is -2.22. The molecule has 0 spiro atoms. The molecule has 126 valence electrons. The second kappa shape index (κ2) is 10.5. The molecule has 1 N–H and O–H groups in total. The van der Waals surface area contributed by atoms with E-state index >= 15 is 0 Å². The fraction of sp³-hybridized carbons (Fsp3) is 0.667. The lowest BCUT2D eigenvalue weighted by atomic mass is 10.2. The summed E-state index contributed by atoms with van der Waals surface area (Å²) in [7, 11) is 4.56. The van der Waals surface area contributed by atoms with Gasteiger partial charge in [0.1, 0.15) is 11.8 Å². The Morgan fingerprint density at radius 3 is 2.41 bits per heavy atom. The van der Waals surface area contributed by atoms with Crippen molar-refractivity contribution in [3.8, 4) is 0 Å². The van der Waals surface area contributed by atoms with Crippen LogP contribution >= 0.6 is 7.77 Å². The minimum atomic E-state index is -1.54. The van der Waals surface area contributed by atoms with Crippen molar-refractivity contribution in [2.75, 3.05) is 40.5 Å². The standard InChI is InChI=1S/C15H26NO5P/c1-5-6-7-13(22(20)11-10-16(2,3)4)12-21-15(19)9-8-14(17)18/h8-9H,5-7,10-12H2,1-4H3/p+1. The number of aliphatic carboxylic acids is 1. The molecule has 0 heterocycles. The molecule has 6 nitrogen and oxygen atoms in total. The van der Waals surface area contributed by atoms with E-state index in [-0.39, 0.29) is 6.61 Å². The summed E-state index contributed by atoms with van der Waals surface area (Å²) in [5.41, 5.74) is 0. The lowest BCUT2D eigenvalue weighted by Crippen LogP contribution is -2.37. The van der Waals surface area contributed by atoms with Gasteiger partial charge in [-0.1, -0.05) is 13.3 Å². The molecule has 1 unspecified atom stereocenters. The quantitative estimate of drug-likeness (QED) is 0.279. The zero-order valence-corrected chi connectivity index (χ0v) is 14.8. The maximum Gasteiger partial charge on any atom is 0.331 e. The fourth-order valence-electron chi connectivity index (χ4n) is 1.54. The third-order valence-corrected chi connectivity index (χ3v) is 4.55. The zero-order valence-electron chi connectivity index (χ0n) is 13.9. The van der Waals surface area contributed by atoms with Gasteiger partial charge in [-0.15, -0.1) is 0 Å². The number of carbonyl (C=O) groups is 2. The number of hydrogen-bond donors (Lipinski definition) is 1. The van der Waals surface area contributed by atoms with Crippen molar-refractivity contribution in [1.82, 2.24) is 0 Å². The van der Waals surface area contributed by atoms with Gasteiger partial charge in [-0.05, 0) is 6.42 Å². The van der Waals surface area contributed by atoms with Gasteiger partial charge < -0.3 is 19.2 Å². The second-order valence-electron chi connectivity index (χ2n) is 6.07. The minimum absolute atomic E-state index is 0.00482. The Morgan fingerprint density at radius 1 is 1.27 bits per heavy atom. The van der Waals surface area contributed by atoms with Crippen LogP contribution in [0.5, 0.6) is 0 Å². The normalized spacial score (nSPS) is 13.1. The average molecular weight is 332 g/mol. The molecule has 0 aromatic heterocycles. The highest BCUT2D eigenvalue weighted by atomic mass is 31.1. The highest BCUT2D eigenvalue weighted by Crippen LogP contribution is 2.18. The molecule has 0 aromatic carbocycles. The largest absolute Gasteiger partial charge is 0.630 e. The van der Waals surface area contributed by atoms with Gasteiger partial charge in [0, 0.05) is 18.6 Å². The fourth-order valence-corrected chi connectivity index (χ4v) is 3.25.